The van der Waals surface area contributed by atoms with E-state index in [4.69, 9.17) is 11.6 Å². The van der Waals surface area contributed by atoms with Crippen LogP contribution in [0.15, 0.2) is 53.4 Å². The van der Waals surface area contributed by atoms with Crippen LogP contribution in [0, 0.1) is 0 Å². The summed E-state index contributed by atoms with van der Waals surface area (Å²) in [4.78, 5) is 4.73. The number of hydrogen-bond donors (Lipinski definition) is 0. The van der Waals surface area contributed by atoms with E-state index in [0.29, 0.717) is 5.02 Å². The van der Waals surface area contributed by atoms with Gasteiger partial charge in [-0.2, -0.15) is 4.31 Å². The second-order valence-corrected chi connectivity index (χ2v) is 8.67. The molecule has 1 atom stereocenters. The lowest BCUT2D eigenvalue weighted by Gasteiger charge is -2.22. The van der Waals surface area contributed by atoms with Crippen molar-refractivity contribution in [1.82, 2.24) is 9.29 Å². The van der Waals surface area contributed by atoms with Crippen LogP contribution in [-0.2, 0) is 10.0 Å². The average molecular weight is 367 g/mol. The highest BCUT2D eigenvalue weighted by molar-refractivity contribution is 7.89. The summed E-state index contributed by atoms with van der Waals surface area (Å²) in [6.45, 7) is 1.83. The maximum absolute atomic E-state index is 12.8. The fourth-order valence-corrected chi connectivity index (χ4v) is 4.99. The van der Waals surface area contributed by atoms with E-state index < -0.39 is 10.0 Å². The Morgan fingerprint density at radius 2 is 1.91 bits per heavy atom. The van der Waals surface area contributed by atoms with Crippen LogP contribution in [0.25, 0.3) is 10.2 Å². The van der Waals surface area contributed by atoms with E-state index >= 15 is 0 Å². The Labute approximate surface area is 144 Å². The molecule has 0 fully saturated rings. The summed E-state index contributed by atoms with van der Waals surface area (Å²) in [5.41, 5.74) is 0.882. The maximum atomic E-state index is 12.8. The Kier molecular flexibility index (Phi) is 4.42. The van der Waals surface area contributed by atoms with Crippen LogP contribution in [-0.4, -0.2) is 24.8 Å². The molecule has 0 aliphatic rings. The number of halogens is 1. The number of aromatic nitrogens is 1. The monoisotopic (exact) mass is 366 g/mol. The van der Waals surface area contributed by atoms with Crippen LogP contribution in [0.4, 0.5) is 0 Å². The van der Waals surface area contributed by atoms with Gasteiger partial charge in [0.1, 0.15) is 5.01 Å². The summed E-state index contributed by atoms with van der Waals surface area (Å²) >= 11 is 7.42. The predicted molar refractivity (Wildman–Crippen MR) is 94.4 cm³/mol. The van der Waals surface area contributed by atoms with Crippen molar-refractivity contribution >= 4 is 43.2 Å². The van der Waals surface area contributed by atoms with E-state index in [9.17, 15) is 8.42 Å². The van der Waals surface area contributed by atoms with Crippen molar-refractivity contribution in [3.05, 3.63) is 58.6 Å². The number of hydrogen-bond acceptors (Lipinski definition) is 4. The Balaban J connectivity index is 1.96. The van der Waals surface area contributed by atoms with Gasteiger partial charge in [-0.25, -0.2) is 13.4 Å². The van der Waals surface area contributed by atoms with E-state index in [0.717, 1.165) is 15.2 Å². The minimum Gasteiger partial charge on any atom is -0.239 e. The lowest BCUT2D eigenvalue weighted by molar-refractivity contribution is 0.398. The zero-order valence-corrected chi connectivity index (χ0v) is 15.0. The van der Waals surface area contributed by atoms with E-state index in [2.05, 4.69) is 4.98 Å². The van der Waals surface area contributed by atoms with Gasteiger partial charge in [-0.15, -0.1) is 11.3 Å². The first-order chi connectivity index (χ1) is 10.9. The van der Waals surface area contributed by atoms with Crippen LogP contribution in [0.1, 0.15) is 18.0 Å². The van der Waals surface area contributed by atoms with Crippen molar-refractivity contribution in [2.45, 2.75) is 17.9 Å². The molecule has 3 rings (SSSR count). The number of para-hydroxylation sites is 1. The van der Waals surface area contributed by atoms with Gasteiger partial charge >= 0.3 is 0 Å². The first-order valence-electron chi connectivity index (χ1n) is 6.98. The smallest absolute Gasteiger partial charge is 0.239 e. The topological polar surface area (TPSA) is 50.3 Å². The normalized spacial score (nSPS) is 13.6. The first-order valence-corrected chi connectivity index (χ1v) is 9.62. The summed E-state index contributed by atoms with van der Waals surface area (Å²) in [5, 5.41) is 1.16. The highest BCUT2D eigenvalue weighted by Crippen LogP contribution is 2.32. The Morgan fingerprint density at radius 3 is 2.61 bits per heavy atom. The van der Waals surface area contributed by atoms with Gasteiger partial charge in [0.25, 0.3) is 0 Å². The molecule has 0 saturated heterocycles. The molecule has 1 aromatic heterocycles. The van der Waals surface area contributed by atoms with Gasteiger partial charge in [-0.05, 0) is 37.3 Å². The second-order valence-electron chi connectivity index (χ2n) is 5.17. The number of thiazole rings is 1. The number of fused-ring (bicyclic) bond motifs is 1. The molecular formula is C16H15ClN2O2S2. The molecule has 4 nitrogen and oxygen atoms in total. The molecule has 0 spiro atoms. The van der Waals surface area contributed by atoms with E-state index in [-0.39, 0.29) is 10.9 Å². The molecule has 0 radical (unpaired) electrons. The zero-order valence-electron chi connectivity index (χ0n) is 12.6. The van der Waals surface area contributed by atoms with Gasteiger partial charge in [-0.3, -0.25) is 0 Å². The molecule has 120 valence electrons. The standard InChI is InChI=1S/C16H15ClN2O2S2/c1-11(16-18-14-8-3-4-9-15(14)22-16)19(2)23(20,21)13-7-5-6-12(17)10-13/h3-11H,1-2H3/t11-/m1/s1. The molecule has 3 aromatic rings. The Bertz CT molecular complexity index is 920. The fraction of sp³-hybridized carbons (Fsp3) is 0.188. The van der Waals surface area contributed by atoms with E-state index in [1.807, 2.05) is 31.2 Å². The summed E-state index contributed by atoms with van der Waals surface area (Å²) in [5.74, 6) is 0. The van der Waals surface area contributed by atoms with E-state index in [1.54, 1.807) is 25.2 Å². The molecule has 0 unspecified atom stereocenters. The number of rotatable bonds is 4. The van der Waals surface area contributed by atoms with Gasteiger partial charge in [0, 0.05) is 12.1 Å². The summed E-state index contributed by atoms with van der Waals surface area (Å²) in [6, 6.07) is 13.7. The van der Waals surface area contributed by atoms with Gasteiger partial charge in [0.2, 0.25) is 10.0 Å². The van der Waals surface area contributed by atoms with Crippen LogP contribution < -0.4 is 0 Å². The molecule has 0 aliphatic carbocycles. The predicted octanol–water partition coefficient (Wildman–Crippen LogP) is 4.33. The Morgan fingerprint density at radius 1 is 1.17 bits per heavy atom. The highest BCUT2D eigenvalue weighted by atomic mass is 35.5. The van der Waals surface area contributed by atoms with Crippen molar-refractivity contribution in [3.63, 3.8) is 0 Å². The molecule has 1 heterocycles. The first kappa shape index (κ1) is 16.4. The van der Waals surface area contributed by atoms with Gasteiger partial charge in [-0.1, -0.05) is 29.8 Å². The van der Waals surface area contributed by atoms with Crippen molar-refractivity contribution < 1.29 is 8.42 Å². The largest absolute Gasteiger partial charge is 0.243 e. The number of benzene rings is 2. The van der Waals surface area contributed by atoms with Crippen LogP contribution in [0.3, 0.4) is 0 Å². The van der Waals surface area contributed by atoms with Crippen LogP contribution in [0.2, 0.25) is 5.02 Å². The van der Waals surface area contributed by atoms with Crippen molar-refractivity contribution in [2.24, 2.45) is 0 Å². The molecular weight excluding hydrogens is 352 g/mol. The number of sulfonamides is 1. The van der Waals surface area contributed by atoms with Gasteiger partial charge < -0.3 is 0 Å². The molecule has 0 bridgehead atoms. The van der Waals surface area contributed by atoms with Crippen LogP contribution >= 0.6 is 22.9 Å². The second kappa shape index (κ2) is 6.20. The van der Waals surface area contributed by atoms with Gasteiger partial charge in [0.05, 0.1) is 21.2 Å². The Hall–Kier alpha value is -1.47. The third kappa shape index (κ3) is 3.12. The molecule has 2 aromatic carbocycles. The third-order valence-electron chi connectivity index (χ3n) is 3.69. The maximum Gasteiger partial charge on any atom is 0.243 e. The molecule has 7 heteroatoms. The van der Waals surface area contributed by atoms with Crippen molar-refractivity contribution in [2.75, 3.05) is 7.05 Å². The van der Waals surface area contributed by atoms with Crippen LogP contribution in [0.5, 0.6) is 0 Å². The average Bonchev–Trinajstić information content (AvgIpc) is 2.97. The number of nitrogens with zero attached hydrogens (tertiary/aromatic N) is 2. The SMILES string of the molecule is C[C@H](c1nc2ccccc2s1)N(C)S(=O)(=O)c1cccc(Cl)c1. The van der Waals surface area contributed by atoms with Gasteiger partial charge in [0.15, 0.2) is 0 Å². The molecule has 0 N–H and O–H groups in total. The summed E-state index contributed by atoms with van der Waals surface area (Å²) < 4.78 is 27.9. The lowest BCUT2D eigenvalue weighted by atomic mass is 10.3. The summed E-state index contributed by atoms with van der Waals surface area (Å²) in [6.07, 6.45) is 0. The van der Waals surface area contributed by atoms with E-state index in [1.165, 1.54) is 21.7 Å². The molecule has 0 saturated carbocycles. The fourth-order valence-electron chi connectivity index (χ4n) is 2.23. The minimum absolute atomic E-state index is 0.181. The molecule has 0 amide bonds. The zero-order chi connectivity index (χ0) is 16.6. The highest BCUT2D eigenvalue weighted by Gasteiger charge is 2.28. The summed E-state index contributed by atoms with van der Waals surface area (Å²) in [7, 11) is -2.07. The molecule has 0 aliphatic heterocycles. The third-order valence-corrected chi connectivity index (χ3v) is 7.05. The quantitative estimate of drug-likeness (QED) is 0.690. The van der Waals surface area contributed by atoms with Crippen molar-refractivity contribution in [1.29, 1.82) is 0 Å². The minimum atomic E-state index is -3.63. The van der Waals surface area contributed by atoms with Crippen molar-refractivity contribution in [3.8, 4) is 0 Å². The molecule has 23 heavy (non-hydrogen) atoms. The lowest BCUT2D eigenvalue weighted by Crippen LogP contribution is -2.29.